The van der Waals surface area contributed by atoms with Crippen molar-refractivity contribution in [1.82, 2.24) is 4.98 Å². The molecule has 1 aromatic heterocycles. The second-order valence-corrected chi connectivity index (χ2v) is 6.67. The Labute approximate surface area is 136 Å². The van der Waals surface area contributed by atoms with Crippen molar-refractivity contribution in [1.29, 1.82) is 0 Å². The SMILES string of the molecule is CCc1ccc(OCC(=O)Nc2nc(C)c(C)s2)c(Br)c1. The first-order chi connectivity index (χ1) is 9.99. The smallest absolute Gasteiger partial charge is 0.264 e. The third-order valence-electron chi connectivity index (χ3n) is 3.04. The third-order valence-corrected chi connectivity index (χ3v) is 4.65. The number of nitrogens with one attached hydrogen (secondary N) is 1. The number of amides is 1. The average molecular weight is 369 g/mol. The second-order valence-electron chi connectivity index (χ2n) is 4.62. The van der Waals surface area contributed by atoms with E-state index in [2.05, 4.69) is 33.2 Å². The van der Waals surface area contributed by atoms with Crippen molar-refractivity contribution in [3.05, 3.63) is 38.8 Å². The van der Waals surface area contributed by atoms with E-state index in [-0.39, 0.29) is 12.5 Å². The molecule has 4 nitrogen and oxygen atoms in total. The van der Waals surface area contributed by atoms with Crippen molar-refractivity contribution in [3.8, 4) is 5.75 Å². The van der Waals surface area contributed by atoms with Gasteiger partial charge in [0.25, 0.3) is 5.91 Å². The van der Waals surface area contributed by atoms with E-state index in [1.807, 2.05) is 32.0 Å². The van der Waals surface area contributed by atoms with Gasteiger partial charge in [-0.1, -0.05) is 13.0 Å². The van der Waals surface area contributed by atoms with Gasteiger partial charge in [0.15, 0.2) is 11.7 Å². The molecule has 21 heavy (non-hydrogen) atoms. The predicted molar refractivity (Wildman–Crippen MR) is 89.2 cm³/mol. The van der Waals surface area contributed by atoms with Gasteiger partial charge in [-0.15, -0.1) is 11.3 Å². The molecule has 112 valence electrons. The zero-order valence-electron chi connectivity index (χ0n) is 12.2. The van der Waals surface area contributed by atoms with Gasteiger partial charge >= 0.3 is 0 Å². The van der Waals surface area contributed by atoms with Crippen LogP contribution in [0.5, 0.6) is 5.75 Å². The number of anilines is 1. The Morgan fingerprint density at radius 2 is 2.19 bits per heavy atom. The summed E-state index contributed by atoms with van der Waals surface area (Å²) in [6.45, 7) is 5.95. The lowest BCUT2D eigenvalue weighted by atomic mass is 10.2. The van der Waals surface area contributed by atoms with Crippen molar-refractivity contribution in [3.63, 3.8) is 0 Å². The predicted octanol–water partition coefficient (Wildman–Crippen LogP) is 4.10. The van der Waals surface area contributed by atoms with Gasteiger partial charge in [0, 0.05) is 4.88 Å². The first-order valence-corrected chi connectivity index (χ1v) is 8.25. The van der Waals surface area contributed by atoms with Gasteiger partial charge in [-0.05, 0) is 53.9 Å². The zero-order valence-corrected chi connectivity index (χ0v) is 14.6. The van der Waals surface area contributed by atoms with Crippen LogP contribution in [0, 0.1) is 13.8 Å². The molecular formula is C15H17BrN2O2S. The minimum absolute atomic E-state index is 0.0399. The summed E-state index contributed by atoms with van der Waals surface area (Å²) in [5.74, 6) is 0.448. The van der Waals surface area contributed by atoms with Crippen LogP contribution in [0.2, 0.25) is 0 Å². The fourth-order valence-electron chi connectivity index (χ4n) is 1.71. The molecule has 0 bridgehead atoms. The summed E-state index contributed by atoms with van der Waals surface area (Å²) in [4.78, 5) is 17.2. The normalized spacial score (nSPS) is 10.5. The summed E-state index contributed by atoms with van der Waals surface area (Å²) >= 11 is 4.92. The molecule has 0 atom stereocenters. The van der Waals surface area contributed by atoms with E-state index in [1.165, 1.54) is 16.9 Å². The van der Waals surface area contributed by atoms with E-state index in [1.54, 1.807) is 0 Å². The van der Waals surface area contributed by atoms with E-state index in [9.17, 15) is 4.79 Å². The van der Waals surface area contributed by atoms with Crippen molar-refractivity contribution in [2.45, 2.75) is 27.2 Å². The van der Waals surface area contributed by atoms with E-state index < -0.39 is 0 Å². The number of halogens is 1. The number of hydrogen-bond acceptors (Lipinski definition) is 4. The fraction of sp³-hybridized carbons (Fsp3) is 0.333. The Balaban J connectivity index is 1.92. The van der Waals surface area contributed by atoms with Gasteiger partial charge in [-0.25, -0.2) is 4.98 Å². The summed E-state index contributed by atoms with van der Waals surface area (Å²) in [7, 11) is 0. The van der Waals surface area contributed by atoms with Gasteiger partial charge in [0.05, 0.1) is 10.2 Å². The summed E-state index contributed by atoms with van der Waals surface area (Å²) < 4.78 is 6.38. The maximum absolute atomic E-state index is 11.9. The van der Waals surface area contributed by atoms with Crippen LogP contribution < -0.4 is 10.1 Å². The molecule has 2 aromatic rings. The maximum Gasteiger partial charge on any atom is 0.264 e. The molecule has 1 N–H and O–H groups in total. The molecular weight excluding hydrogens is 352 g/mol. The first kappa shape index (κ1) is 16.0. The van der Waals surface area contributed by atoms with E-state index in [0.29, 0.717) is 10.9 Å². The minimum atomic E-state index is -0.213. The average Bonchev–Trinajstić information content (AvgIpc) is 2.75. The van der Waals surface area contributed by atoms with Gasteiger partial charge in [0.1, 0.15) is 5.75 Å². The van der Waals surface area contributed by atoms with Crippen LogP contribution >= 0.6 is 27.3 Å². The number of benzene rings is 1. The van der Waals surface area contributed by atoms with Crippen molar-refractivity contribution >= 4 is 38.3 Å². The molecule has 0 spiro atoms. The van der Waals surface area contributed by atoms with E-state index in [4.69, 9.17) is 4.74 Å². The molecule has 1 amide bonds. The molecule has 0 saturated heterocycles. The lowest BCUT2D eigenvalue weighted by molar-refractivity contribution is -0.118. The van der Waals surface area contributed by atoms with Crippen LogP contribution in [-0.4, -0.2) is 17.5 Å². The highest BCUT2D eigenvalue weighted by Crippen LogP contribution is 2.26. The van der Waals surface area contributed by atoms with Crippen LogP contribution in [0.15, 0.2) is 22.7 Å². The lowest BCUT2D eigenvalue weighted by Crippen LogP contribution is -2.20. The maximum atomic E-state index is 11.9. The molecule has 0 aliphatic carbocycles. The van der Waals surface area contributed by atoms with Crippen LogP contribution in [0.3, 0.4) is 0 Å². The fourth-order valence-corrected chi connectivity index (χ4v) is 3.08. The van der Waals surface area contributed by atoms with Gasteiger partial charge in [-0.3, -0.25) is 10.1 Å². The Bertz CT molecular complexity index is 636. The zero-order chi connectivity index (χ0) is 15.4. The number of ether oxygens (including phenoxy) is 1. The number of carbonyl (C=O) groups is 1. The number of aryl methyl sites for hydroxylation is 3. The number of rotatable bonds is 5. The molecule has 0 radical (unpaired) electrons. The van der Waals surface area contributed by atoms with Gasteiger partial charge in [-0.2, -0.15) is 0 Å². The monoisotopic (exact) mass is 368 g/mol. The van der Waals surface area contributed by atoms with Crippen LogP contribution in [0.4, 0.5) is 5.13 Å². The Morgan fingerprint density at radius 1 is 1.43 bits per heavy atom. The topological polar surface area (TPSA) is 51.2 Å². The first-order valence-electron chi connectivity index (χ1n) is 6.64. The van der Waals surface area contributed by atoms with Crippen LogP contribution in [0.25, 0.3) is 0 Å². The Hall–Kier alpha value is -1.40. The van der Waals surface area contributed by atoms with Crippen molar-refractivity contribution in [2.75, 3.05) is 11.9 Å². The Kier molecular flexibility index (Phi) is 5.36. The molecule has 6 heteroatoms. The molecule has 0 fully saturated rings. The highest BCUT2D eigenvalue weighted by atomic mass is 79.9. The van der Waals surface area contributed by atoms with Gasteiger partial charge < -0.3 is 4.74 Å². The number of carbonyl (C=O) groups excluding carboxylic acids is 1. The summed E-state index contributed by atoms with van der Waals surface area (Å²) in [5, 5.41) is 3.35. The van der Waals surface area contributed by atoms with Crippen LogP contribution in [0.1, 0.15) is 23.1 Å². The highest BCUT2D eigenvalue weighted by molar-refractivity contribution is 9.10. The summed E-state index contributed by atoms with van der Waals surface area (Å²) in [6, 6.07) is 5.86. The molecule has 0 aliphatic heterocycles. The molecule has 1 heterocycles. The number of hydrogen-bond donors (Lipinski definition) is 1. The Morgan fingerprint density at radius 3 is 2.76 bits per heavy atom. The summed E-state index contributed by atoms with van der Waals surface area (Å²) in [6.07, 6.45) is 0.960. The number of thiazole rings is 1. The van der Waals surface area contributed by atoms with Gasteiger partial charge in [0.2, 0.25) is 0 Å². The number of aromatic nitrogens is 1. The molecule has 1 aromatic carbocycles. The standard InChI is InChI=1S/C15H17BrN2O2S/c1-4-11-5-6-13(12(16)7-11)20-8-14(19)18-15-17-9(2)10(3)21-15/h5-7H,4,8H2,1-3H3,(H,17,18,19). The molecule has 0 aliphatic rings. The molecule has 0 saturated carbocycles. The van der Waals surface area contributed by atoms with E-state index >= 15 is 0 Å². The lowest BCUT2D eigenvalue weighted by Gasteiger charge is -2.08. The molecule has 0 unspecified atom stereocenters. The van der Waals surface area contributed by atoms with Crippen molar-refractivity contribution < 1.29 is 9.53 Å². The quantitative estimate of drug-likeness (QED) is 0.863. The van der Waals surface area contributed by atoms with Crippen LogP contribution in [-0.2, 0) is 11.2 Å². The minimum Gasteiger partial charge on any atom is -0.483 e. The second kappa shape index (κ2) is 7.04. The molecule has 2 rings (SSSR count). The largest absolute Gasteiger partial charge is 0.483 e. The third kappa shape index (κ3) is 4.28. The van der Waals surface area contributed by atoms with E-state index in [0.717, 1.165) is 21.5 Å². The van der Waals surface area contributed by atoms with Crippen molar-refractivity contribution in [2.24, 2.45) is 0 Å². The highest BCUT2D eigenvalue weighted by Gasteiger charge is 2.10. The number of nitrogens with zero attached hydrogens (tertiary/aromatic N) is 1. The summed E-state index contributed by atoms with van der Waals surface area (Å²) in [5.41, 5.74) is 2.15.